The third-order valence-corrected chi connectivity index (χ3v) is 2.78. The Morgan fingerprint density at radius 2 is 2.31 bits per heavy atom. The van der Waals surface area contributed by atoms with Crippen LogP contribution in [0.15, 0.2) is 18.3 Å². The zero-order valence-corrected chi connectivity index (χ0v) is 9.28. The molecule has 1 aromatic heterocycles. The molecule has 0 fully saturated rings. The van der Waals surface area contributed by atoms with E-state index >= 15 is 0 Å². The molecule has 4 nitrogen and oxygen atoms in total. The van der Waals surface area contributed by atoms with Crippen LogP contribution in [0, 0.1) is 0 Å². The van der Waals surface area contributed by atoms with Crippen LogP contribution in [0.4, 0.5) is 0 Å². The third kappa shape index (κ3) is 1.72. The van der Waals surface area contributed by atoms with Crippen LogP contribution in [-0.2, 0) is 9.53 Å². The molecular weight excluding hydrogens is 230 g/mol. The molecule has 1 unspecified atom stereocenters. The Kier molecular flexibility index (Phi) is 2.75. The summed E-state index contributed by atoms with van der Waals surface area (Å²) in [5, 5.41) is 10.6. The second-order valence-electron chi connectivity index (χ2n) is 3.47. The normalized spacial score (nSPS) is 12.6. The number of phenolic OH excluding ortho intramolecular Hbond substituents is 1. The Labute approximate surface area is 96.8 Å². The third-order valence-electron chi connectivity index (χ3n) is 2.48. The maximum absolute atomic E-state index is 10.3. The minimum atomic E-state index is -0.369. The molecule has 0 radical (unpaired) electrons. The molecule has 0 aliphatic carbocycles. The van der Waals surface area contributed by atoms with Gasteiger partial charge in [-0.05, 0) is 19.1 Å². The van der Waals surface area contributed by atoms with Crippen LogP contribution in [-0.4, -0.2) is 16.6 Å². The first kappa shape index (κ1) is 10.8. The monoisotopic (exact) mass is 239 g/mol. The van der Waals surface area contributed by atoms with E-state index in [1.54, 1.807) is 25.3 Å². The Balaban J connectivity index is 2.55. The predicted molar refractivity (Wildman–Crippen MR) is 60.5 cm³/mol. The summed E-state index contributed by atoms with van der Waals surface area (Å²) in [5.74, 6) is 0.00770. The molecule has 0 bridgehead atoms. The van der Waals surface area contributed by atoms with Crippen LogP contribution < -0.4 is 0 Å². The highest BCUT2D eigenvalue weighted by Crippen LogP contribution is 2.33. The molecule has 0 aliphatic heterocycles. The van der Waals surface area contributed by atoms with Crippen molar-refractivity contribution in [1.29, 1.82) is 0 Å². The van der Waals surface area contributed by atoms with Gasteiger partial charge < -0.3 is 14.8 Å². The number of carbonyl (C=O) groups excluding carboxylic acids is 1. The van der Waals surface area contributed by atoms with Crippen molar-refractivity contribution in [1.82, 2.24) is 4.98 Å². The van der Waals surface area contributed by atoms with E-state index in [9.17, 15) is 9.90 Å². The van der Waals surface area contributed by atoms with E-state index < -0.39 is 0 Å². The van der Waals surface area contributed by atoms with Crippen molar-refractivity contribution in [2.75, 3.05) is 0 Å². The summed E-state index contributed by atoms with van der Waals surface area (Å²) in [7, 11) is 0. The van der Waals surface area contributed by atoms with E-state index in [2.05, 4.69) is 4.98 Å². The number of aromatic hydroxyl groups is 1. The van der Waals surface area contributed by atoms with Gasteiger partial charge in [0.1, 0.15) is 11.9 Å². The molecule has 2 N–H and O–H groups in total. The maximum atomic E-state index is 10.3. The summed E-state index contributed by atoms with van der Waals surface area (Å²) in [6, 6.07) is 3.18. The number of benzene rings is 1. The second kappa shape index (κ2) is 4.06. The van der Waals surface area contributed by atoms with Crippen molar-refractivity contribution in [3.8, 4) is 5.75 Å². The lowest BCUT2D eigenvalue weighted by Gasteiger charge is -2.08. The highest BCUT2D eigenvalue weighted by molar-refractivity contribution is 6.32. The van der Waals surface area contributed by atoms with Gasteiger partial charge in [-0.15, -0.1) is 0 Å². The first-order valence-electron chi connectivity index (χ1n) is 4.72. The summed E-state index contributed by atoms with van der Waals surface area (Å²) in [5.41, 5.74) is 1.59. The first-order valence-corrected chi connectivity index (χ1v) is 5.10. The number of aromatic amines is 1. The molecular formula is C11H10ClNO3. The molecule has 0 saturated carbocycles. The fourth-order valence-electron chi connectivity index (χ4n) is 1.65. The quantitative estimate of drug-likeness (QED) is 0.810. The number of rotatable bonds is 3. The Morgan fingerprint density at radius 3 is 3.00 bits per heavy atom. The Bertz CT molecular complexity index is 535. The summed E-state index contributed by atoms with van der Waals surface area (Å²) >= 11 is 5.78. The van der Waals surface area contributed by atoms with Crippen LogP contribution in [0.25, 0.3) is 10.9 Å². The number of aromatic nitrogens is 1. The SMILES string of the molecule is CC(OC=O)c1c[nH]c2cc(Cl)c(O)cc12. The number of fused-ring (bicyclic) bond motifs is 1. The van der Waals surface area contributed by atoms with Crippen molar-refractivity contribution in [2.45, 2.75) is 13.0 Å². The largest absolute Gasteiger partial charge is 0.506 e. The highest BCUT2D eigenvalue weighted by atomic mass is 35.5. The number of phenols is 1. The van der Waals surface area contributed by atoms with Crippen LogP contribution in [0.2, 0.25) is 5.02 Å². The topological polar surface area (TPSA) is 62.3 Å². The molecule has 1 heterocycles. The Hall–Kier alpha value is -1.68. The van der Waals surface area contributed by atoms with E-state index in [-0.39, 0.29) is 16.9 Å². The molecule has 0 saturated heterocycles. The van der Waals surface area contributed by atoms with Gasteiger partial charge in [-0.2, -0.15) is 0 Å². The first-order chi connectivity index (χ1) is 7.63. The summed E-state index contributed by atoms with van der Waals surface area (Å²) in [6.45, 7) is 2.15. The summed E-state index contributed by atoms with van der Waals surface area (Å²) < 4.78 is 4.85. The molecule has 84 valence electrons. The molecule has 0 spiro atoms. The van der Waals surface area contributed by atoms with E-state index in [0.29, 0.717) is 6.47 Å². The zero-order valence-electron chi connectivity index (χ0n) is 8.53. The molecule has 5 heteroatoms. The molecule has 2 rings (SSSR count). The second-order valence-corrected chi connectivity index (χ2v) is 3.87. The number of H-pyrrole nitrogens is 1. The smallest absolute Gasteiger partial charge is 0.293 e. The number of halogens is 1. The lowest BCUT2D eigenvalue weighted by molar-refractivity contribution is -0.133. The molecule has 2 aromatic rings. The van der Waals surface area contributed by atoms with Crippen molar-refractivity contribution in [2.24, 2.45) is 0 Å². The molecule has 0 aliphatic rings. The Morgan fingerprint density at radius 1 is 1.56 bits per heavy atom. The lowest BCUT2D eigenvalue weighted by atomic mass is 10.1. The van der Waals surface area contributed by atoms with E-state index in [0.717, 1.165) is 16.5 Å². The van der Waals surface area contributed by atoms with Gasteiger partial charge in [0.05, 0.1) is 5.02 Å². The zero-order chi connectivity index (χ0) is 11.7. The minimum absolute atomic E-state index is 0.00770. The number of hydrogen-bond acceptors (Lipinski definition) is 3. The standard InChI is InChI=1S/C11H10ClNO3/c1-6(16-5-14)8-4-13-10-3-9(12)11(15)2-7(8)10/h2-6,13,15H,1H3. The van der Waals surface area contributed by atoms with Gasteiger partial charge >= 0.3 is 0 Å². The maximum Gasteiger partial charge on any atom is 0.293 e. The van der Waals surface area contributed by atoms with Gasteiger partial charge in [-0.1, -0.05) is 11.6 Å². The highest BCUT2D eigenvalue weighted by Gasteiger charge is 2.13. The number of carbonyl (C=O) groups is 1. The van der Waals surface area contributed by atoms with E-state index in [4.69, 9.17) is 16.3 Å². The summed E-state index contributed by atoms with van der Waals surface area (Å²) in [6.07, 6.45) is 1.36. The molecule has 1 atom stereocenters. The number of hydrogen-bond donors (Lipinski definition) is 2. The number of nitrogens with one attached hydrogen (secondary N) is 1. The van der Waals surface area contributed by atoms with Gasteiger partial charge in [0.15, 0.2) is 0 Å². The van der Waals surface area contributed by atoms with Crippen molar-refractivity contribution >= 4 is 29.0 Å². The van der Waals surface area contributed by atoms with Crippen molar-refractivity contribution in [3.63, 3.8) is 0 Å². The van der Waals surface area contributed by atoms with Gasteiger partial charge in [-0.25, -0.2) is 0 Å². The fourth-order valence-corrected chi connectivity index (χ4v) is 1.81. The van der Waals surface area contributed by atoms with Crippen molar-refractivity contribution in [3.05, 3.63) is 28.9 Å². The molecule has 1 aromatic carbocycles. The van der Waals surface area contributed by atoms with E-state index in [1.807, 2.05) is 0 Å². The predicted octanol–water partition coefficient (Wildman–Crippen LogP) is 2.76. The van der Waals surface area contributed by atoms with Crippen LogP contribution >= 0.6 is 11.6 Å². The van der Waals surface area contributed by atoms with Gasteiger partial charge in [0.2, 0.25) is 0 Å². The average Bonchev–Trinajstić information content (AvgIpc) is 2.62. The van der Waals surface area contributed by atoms with E-state index in [1.165, 1.54) is 0 Å². The van der Waals surface area contributed by atoms with Crippen molar-refractivity contribution < 1.29 is 14.6 Å². The van der Waals surface area contributed by atoms with Gasteiger partial charge in [0.25, 0.3) is 6.47 Å². The fraction of sp³-hybridized carbons (Fsp3) is 0.182. The van der Waals surface area contributed by atoms with Crippen LogP contribution in [0.5, 0.6) is 5.75 Å². The summed E-state index contributed by atoms with van der Waals surface area (Å²) in [4.78, 5) is 13.3. The lowest BCUT2D eigenvalue weighted by Crippen LogP contribution is -1.96. The van der Waals surface area contributed by atoms with Gasteiger partial charge in [-0.3, -0.25) is 4.79 Å². The van der Waals surface area contributed by atoms with Crippen LogP contribution in [0.1, 0.15) is 18.6 Å². The molecule has 16 heavy (non-hydrogen) atoms. The average molecular weight is 240 g/mol. The van der Waals surface area contributed by atoms with Gasteiger partial charge in [0, 0.05) is 22.7 Å². The number of ether oxygens (including phenoxy) is 1. The minimum Gasteiger partial charge on any atom is -0.506 e. The molecule has 0 amide bonds. The van der Waals surface area contributed by atoms with Crippen LogP contribution in [0.3, 0.4) is 0 Å².